The number of hydrogen-bond donors (Lipinski definition) is 1. The minimum absolute atomic E-state index is 0.0783. The standard InChI is InChI=1S/C26H29N3O2/c1-18(2)24-16-22(21-11-4-5-12-23(21)28-24)25(30)27-17-19-9-8-10-20(15-19)26(31)29-13-6-3-7-14-29/h4-5,8-12,15-16,18H,3,6-7,13-14,17H2,1-2H3,(H,27,30). The van der Waals surface area contributed by atoms with Crippen molar-refractivity contribution in [2.24, 2.45) is 0 Å². The maximum absolute atomic E-state index is 13.1. The molecule has 160 valence electrons. The van der Waals surface area contributed by atoms with E-state index in [0.29, 0.717) is 17.7 Å². The lowest BCUT2D eigenvalue weighted by molar-refractivity contribution is 0.0724. The average Bonchev–Trinajstić information content (AvgIpc) is 2.82. The lowest BCUT2D eigenvalue weighted by Crippen LogP contribution is -2.35. The second-order valence-corrected chi connectivity index (χ2v) is 8.50. The molecule has 2 heterocycles. The second kappa shape index (κ2) is 9.29. The third kappa shape index (κ3) is 4.76. The van der Waals surface area contributed by atoms with Crippen LogP contribution in [-0.2, 0) is 6.54 Å². The van der Waals surface area contributed by atoms with Gasteiger partial charge in [0.25, 0.3) is 11.8 Å². The van der Waals surface area contributed by atoms with Gasteiger partial charge in [0.2, 0.25) is 0 Å². The summed E-state index contributed by atoms with van der Waals surface area (Å²) in [6.07, 6.45) is 3.33. The molecule has 1 saturated heterocycles. The van der Waals surface area contributed by atoms with Crippen molar-refractivity contribution < 1.29 is 9.59 Å². The first-order valence-electron chi connectivity index (χ1n) is 11.1. The summed E-state index contributed by atoms with van der Waals surface area (Å²) in [6, 6.07) is 17.2. The Bertz CT molecular complexity index is 1100. The van der Waals surface area contributed by atoms with Crippen LogP contribution in [0.5, 0.6) is 0 Å². The molecule has 0 spiro atoms. The van der Waals surface area contributed by atoms with Gasteiger partial charge in [-0.2, -0.15) is 0 Å². The number of nitrogens with zero attached hydrogens (tertiary/aromatic N) is 2. The number of para-hydroxylation sites is 1. The number of rotatable bonds is 5. The van der Waals surface area contributed by atoms with E-state index in [-0.39, 0.29) is 17.7 Å². The Morgan fingerprint density at radius 1 is 1.00 bits per heavy atom. The number of amides is 2. The number of carbonyl (C=O) groups excluding carboxylic acids is 2. The van der Waals surface area contributed by atoms with Crippen LogP contribution in [0.4, 0.5) is 0 Å². The monoisotopic (exact) mass is 415 g/mol. The van der Waals surface area contributed by atoms with Crippen LogP contribution in [0.3, 0.4) is 0 Å². The normalized spacial score (nSPS) is 14.1. The van der Waals surface area contributed by atoms with Crippen LogP contribution in [0.15, 0.2) is 54.6 Å². The SMILES string of the molecule is CC(C)c1cc(C(=O)NCc2cccc(C(=O)N3CCCCC3)c2)c2ccccc2n1. The van der Waals surface area contributed by atoms with Crippen LogP contribution < -0.4 is 5.32 Å². The van der Waals surface area contributed by atoms with E-state index < -0.39 is 0 Å². The smallest absolute Gasteiger partial charge is 0.253 e. The van der Waals surface area contributed by atoms with Crippen LogP contribution in [0, 0.1) is 0 Å². The van der Waals surface area contributed by atoms with Crippen LogP contribution in [-0.4, -0.2) is 34.8 Å². The van der Waals surface area contributed by atoms with Crippen LogP contribution >= 0.6 is 0 Å². The third-order valence-corrected chi connectivity index (χ3v) is 5.84. The van der Waals surface area contributed by atoms with Crippen molar-refractivity contribution in [3.05, 3.63) is 77.0 Å². The number of carbonyl (C=O) groups is 2. The van der Waals surface area contributed by atoms with Crippen LogP contribution in [0.25, 0.3) is 10.9 Å². The Balaban J connectivity index is 1.51. The van der Waals surface area contributed by atoms with Gasteiger partial charge in [0.1, 0.15) is 0 Å². The number of aromatic nitrogens is 1. The third-order valence-electron chi connectivity index (χ3n) is 5.84. The predicted octanol–water partition coefficient (Wildman–Crippen LogP) is 4.91. The van der Waals surface area contributed by atoms with Gasteiger partial charge in [-0.1, -0.05) is 44.2 Å². The van der Waals surface area contributed by atoms with Gasteiger partial charge in [-0.05, 0) is 55.0 Å². The molecule has 1 aliphatic rings. The number of pyridine rings is 1. The number of piperidine rings is 1. The molecule has 1 aliphatic heterocycles. The van der Waals surface area contributed by atoms with Gasteiger partial charge in [-0.3, -0.25) is 14.6 Å². The van der Waals surface area contributed by atoms with Crippen molar-refractivity contribution in [2.45, 2.75) is 45.6 Å². The fourth-order valence-corrected chi connectivity index (χ4v) is 4.05. The van der Waals surface area contributed by atoms with Crippen molar-refractivity contribution in [3.8, 4) is 0 Å². The van der Waals surface area contributed by atoms with Gasteiger partial charge >= 0.3 is 0 Å². The van der Waals surface area contributed by atoms with Gasteiger partial charge in [0.05, 0.1) is 11.1 Å². The molecule has 5 nitrogen and oxygen atoms in total. The molecule has 3 aromatic rings. The maximum Gasteiger partial charge on any atom is 0.253 e. The molecule has 0 unspecified atom stereocenters. The minimum atomic E-state index is -0.131. The summed E-state index contributed by atoms with van der Waals surface area (Å²) in [5.41, 5.74) is 3.96. The second-order valence-electron chi connectivity index (χ2n) is 8.50. The van der Waals surface area contributed by atoms with E-state index in [4.69, 9.17) is 0 Å². The molecule has 0 bridgehead atoms. The van der Waals surface area contributed by atoms with Crippen molar-refractivity contribution in [3.63, 3.8) is 0 Å². The predicted molar refractivity (Wildman–Crippen MR) is 123 cm³/mol. The highest BCUT2D eigenvalue weighted by atomic mass is 16.2. The largest absolute Gasteiger partial charge is 0.348 e. The first-order valence-corrected chi connectivity index (χ1v) is 11.1. The molecule has 0 radical (unpaired) electrons. The van der Waals surface area contributed by atoms with Gasteiger partial charge in [0.15, 0.2) is 0 Å². The van der Waals surface area contributed by atoms with Crippen LogP contribution in [0.2, 0.25) is 0 Å². The molecule has 0 atom stereocenters. The Hall–Kier alpha value is -3.21. The zero-order valence-electron chi connectivity index (χ0n) is 18.2. The van der Waals surface area contributed by atoms with Crippen LogP contribution in [0.1, 0.15) is 71.0 Å². The number of benzene rings is 2. The Labute approximate surface area is 183 Å². The quantitative estimate of drug-likeness (QED) is 0.644. The number of likely N-dealkylation sites (tertiary alicyclic amines) is 1. The first-order chi connectivity index (χ1) is 15.0. The lowest BCUT2D eigenvalue weighted by atomic mass is 10.0. The molecule has 31 heavy (non-hydrogen) atoms. The summed E-state index contributed by atoms with van der Waals surface area (Å²) in [5, 5.41) is 3.87. The van der Waals surface area contributed by atoms with Gasteiger partial charge < -0.3 is 10.2 Å². The van der Waals surface area contributed by atoms with E-state index in [9.17, 15) is 9.59 Å². The zero-order chi connectivity index (χ0) is 21.8. The molecule has 1 aromatic heterocycles. The zero-order valence-corrected chi connectivity index (χ0v) is 18.2. The number of nitrogens with one attached hydrogen (secondary N) is 1. The van der Waals surface area contributed by atoms with E-state index in [1.807, 2.05) is 59.5 Å². The molecular formula is C26H29N3O2. The fraction of sp³-hybridized carbons (Fsp3) is 0.346. The average molecular weight is 416 g/mol. The maximum atomic E-state index is 13.1. The Morgan fingerprint density at radius 2 is 1.77 bits per heavy atom. The summed E-state index contributed by atoms with van der Waals surface area (Å²) in [4.78, 5) is 32.5. The molecule has 1 fully saturated rings. The summed E-state index contributed by atoms with van der Waals surface area (Å²) in [7, 11) is 0. The highest BCUT2D eigenvalue weighted by molar-refractivity contribution is 6.06. The van der Waals surface area contributed by atoms with Gasteiger partial charge in [-0.15, -0.1) is 0 Å². The molecule has 1 N–H and O–H groups in total. The Kier molecular flexibility index (Phi) is 6.31. The van der Waals surface area contributed by atoms with Crippen molar-refractivity contribution >= 4 is 22.7 Å². The number of fused-ring (bicyclic) bond motifs is 1. The fourth-order valence-electron chi connectivity index (χ4n) is 4.05. The van der Waals surface area contributed by atoms with Gasteiger partial charge in [-0.25, -0.2) is 0 Å². The molecular weight excluding hydrogens is 386 g/mol. The Morgan fingerprint density at radius 3 is 2.55 bits per heavy atom. The highest BCUT2D eigenvalue weighted by Gasteiger charge is 2.19. The molecule has 2 amide bonds. The minimum Gasteiger partial charge on any atom is -0.348 e. The van der Waals surface area contributed by atoms with Crippen molar-refractivity contribution in [1.29, 1.82) is 0 Å². The summed E-state index contributed by atoms with van der Waals surface area (Å²) in [5.74, 6) is 0.177. The van der Waals surface area contributed by atoms with E-state index in [1.165, 1.54) is 6.42 Å². The molecule has 0 saturated carbocycles. The summed E-state index contributed by atoms with van der Waals surface area (Å²) < 4.78 is 0. The highest BCUT2D eigenvalue weighted by Crippen LogP contribution is 2.22. The van der Waals surface area contributed by atoms with E-state index in [2.05, 4.69) is 24.1 Å². The van der Waals surface area contributed by atoms with Crippen molar-refractivity contribution in [2.75, 3.05) is 13.1 Å². The molecule has 0 aliphatic carbocycles. The van der Waals surface area contributed by atoms with E-state index in [1.54, 1.807) is 0 Å². The van der Waals surface area contributed by atoms with E-state index in [0.717, 1.165) is 48.1 Å². The molecule has 5 heteroatoms. The topological polar surface area (TPSA) is 62.3 Å². The van der Waals surface area contributed by atoms with Gasteiger partial charge in [0, 0.05) is 36.3 Å². The molecule has 4 rings (SSSR count). The number of hydrogen-bond acceptors (Lipinski definition) is 3. The lowest BCUT2D eigenvalue weighted by Gasteiger charge is -2.26. The first kappa shape index (κ1) is 21.0. The molecule has 2 aromatic carbocycles. The summed E-state index contributed by atoms with van der Waals surface area (Å²) >= 11 is 0. The van der Waals surface area contributed by atoms with Crippen molar-refractivity contribution in [1.82, 2.24) is 15.2 Å². The van der Waals surface area contributed by atoms with E-state index >= 15 is 0 Å². The summed E-state index contributed by atoms with van der Waals surface area (Å²) in [6.45, 7) is 6.17.